The van der Waals surface area contributed by atoms with Crippen LogP contribution in [0.3, 0.4) is 0 Å². The normalized spacial score (nSPS) is 13.7. The summed E-state index contributed by atoms with van der Waals surface area (Å²) < 4.78 is 5.23. The fourth-order valence-corrected chi connectivity index (χ4v) is 3.27. The first kappa shape index (κ1) is 18.5. The van der Waals surface area contributed by atoms with E-state index in [1.165, 1.54) is 5.69 Å². The largest absolute Gasteiger partial charge is 0.497 e. The van der Waals surface area contributed by atoms with E-state index in [0.29, 0.717) is 23.0 Å². The first-order valence-corrected chi connectivity index (χ1v) is 9.36. The molecule has 0 radical (unpaired) electrons. The maximum atomic E-state index is 9.24. The zero-order chi connectivity index (χ0) is 20.1. The van der Waals surface area contributed by atoms with Crippen molar-refractivity contribution in [2.75, 3.05) is 48.4 Å². The molecule has 0 spiro atoms. The standard InChI is InChI=1S/C21H21N7O/c1-29-18-8-6-17(7-9-18)27-10-12-28(13-11-27)21-25-20(15-23-26-21)24-19-5-3-2-4-16(19)14-22/h2-9,15H,10-13H2,1H3,(H,24,25,26). The predicted molar refractivity (Wildman–Crippen MR) is 112 cm³/mol. The van der Waals surface area contributed by atoms with Gasteiger partial charge in [-0.15, -0.1) is 5.10 Å². The van der Waals surface area contributed by atoms with Gasteiger partial charge in [-0.1, -0.05) is 12.1 Å². The molecule has 3 aromatic rings. The summed E-state index contributed by atoms with van der Waals surface area (Å²) in [6.45, 7) is 3.33. The van der Waals surface area contributed by atoms with Crippen LogP contribution in [0.25, 0.3) is 0 Å². The Balaban J connectivity index is 1.42. The van der Waals surface area contributed by atoms with Gasteiger partial charge >= 0.3 is 0 Å². The molecule has 0 saturated carbocycles. The van der Waals surface area contributed by atoms with Gasteiger partial charge in [0.2, 0.25) is 5.95 Å². The zero-order valence-electron chi connectivity index (χ0n) is 16.1. The van der Waals surface area contributed by atoms with Crippen molar-refractivity contribution in [2.24, 2.45) is 0 Å². The van der Waals surface area contributed by atoms with Crippen LogP contribution in [0.1, 0.15) is 5.56 Å². The van der Waals surface area contributed by atoms with Crippen molar-refractivity contribution < 1.29 is 4.74 Å². The van der Waals surface area contributed by atoms with Crippen LogP contribution in [0.5, 0.6) is 5.75 Å². The van der Waals surface area contributed by atoms with E-state index in [4.69, 9.17) is 4.74 Å². The fraction of sp³-hybridized carbons (Fsp3) is 0.238. The molecular formula is C21H21N7O. The average Bonchev–Trinajstić information content (AvgIpc) is 2.80. The Hall–Kier alpha value is -3.86. The van der Waals surface area contributed by atoms with E-state index in [9.17, 15) is 5.26 Å². The van der Waals surface area contributed by atoms with Gasteiger partial charge in [0, 0.05) is 31.9 Å². The van der Waals surface area contributed by atoms with Crippen LogP contribution in [0.15, 0.2) is 54.7 Å². The zero-order valence-corrected chi connectivity index (χ0v) is 16.1. The third-order valence-corrected chi connectivity index (χ3v) is 4.86. The monoisotopic (exact) mass is 387 g/mol. The number of nitrogens with one attached hydrogen (secondary N) is 1. The molecule has 1 aliphatic rings. The summed E-state index contributed by atoms with van der Waals surface area (Å²) in [4.78, 5) is 9.03. The van der Waals surface area contributed by atoms with Crippen LogP contribution < -0.4 is 19.9 Å². The SMILES string of the molecule is COc1ccc(N2CCN(c3nncc(Nc4ccccc4C#N)n3)CC2)cc1. The highest BCUT2D eigenvalue weighted by molar-refractivity contribution is 5.64. The van der Waals surface area contributed by atoms with E-state index in [-0.39, 0.29) is 0 Å². The molecule has 1 aliphatic heterocycles. The summed E-state index contributed by atoms with van der Waals surface area (Å²) in [5.74, 6) is 2.00. The average molecular weight is 387 g/mol. The number of methoxy groups -OCH3 is 1. The molecule has 146 valence electrons. The van der Waals surface area contributed by atoms with E-state index in [2.05, 4.69) is 48.5 Å². The smallest absolute Gasteiger partial charge is 0.247 e. The quantitative estimate of drug-likeness (QED) is 0.715. The van der Waals surface area contributed by atoms with Crippen LogP contribution in [-0.4, -0.2) is 48.5 Å². The molecule has 1 saturated heterocycles. The number of piperazine rings is 1. The van der Waals surface area contributed by atoms with Crippen LogP contribution in [0, 0.1) is 11.3 Å². The molecule has 1 N–H and O–H groups in total. The maximum absolute atomic E-state index is 9.24. The Labute approximate surface area is 169 Å². The number of rotatable bonds is 5. The van der Waals surface area contributed by atoms with Crippen LogP contribution in [0.4, 0.5) is 23.1 Å². The van der Waals surface area contributed by atoms with Gasteiger partial charge in [0.15, 0.2) is 5.82 Å². The number of anilines is 4. The number of hydrogen-bond donors (Lipinski definition) is 1. The number of para-hydroxylation sites is 1. The van der Waals surface area contributed by atoms with E-state index in [1.807, 2.05) is 30.3 Å². The summed E-state index contributed by atoms with van der Waals surface area (Å²) in [5.41, 5.74) is 2.43. The molecular weight excluding hydrogens is 366 g/mol. The predicted octanol–water partition coefficient (Wildman–Crippen LogP) is 2.82. The lowest BCUT2D eigenvalue weighted by molar-refractivity contribution is 0.415. The number of hydrogen-bond acceptors (Lipinski definition) is 8. The van der Waals surface area contributed by atoms with Gasteiger partial charge in [-0.2, -0.15) is 15.3 Å². The number of nitrogens with zero attached hydrogens (tertiary/aromatic N) is 6. The summed E-state index contributed by atoms with van der Waals surface area (Å²) >= 11 is 0. The Morgan fingerprint density at radius 2 is 1.72 bits per heavy atom. The summed E-state index contributed by atoms with van der Waals surface area (Å²) in [5, 5.41) is 20.7. The van der Waals surface area contributed by atoms with Gasteiger partial charge in [-0.25, -0.2) is 0 Å². The lowest BCUT2D eigenvalue weighted by Crippen LogP contribution is -2.47. The summed E-state index contributed by atoms with van der Waals surface area (Å²) in [7, 11) is 1.67. The van der Waals surface area contributed by atoms with Crippen molar-refractivity contribution >= 4 is 23.1 Å². The Kier molecular flexibility index (Phi) is 5.38. The topological polar surface area (TPSA) is 90.2 Å². The second kappa shape index (κ2) is 8.44. The molecule has 8 heteroatoms. The second-order valence-corrected chi connectivity index (χ2v) is 6.60. The molecule has 4 rings (SSSR count). The second-order valence-electron chi connectivity index (χ2n) is 6.60. The van der Waals surface area contributed by atoms with Gasteiger partial charge < -0.3 is 19.9 Å². The van der Waals surface area contributed by atoms with Crippen molar-refractivity contribution in [3.05, 3.63) is 60.3 Å². The van der Waals surface area contributed by atoms with E-state index >= 15 is 0 Å². The number of ether oxygens (including phenoxy) is 1. The number of nitriles is 1. The number of aromatic nitrogens is 3. The van der Waals surface area contributed by atoms with Crippen LogP contribution in [0.2, 0.25) is 0 Å². The first-order valence-electron chi connectivity index (χ1n) is 9.36. The van der Waals surface area contributed by atoms with E-state index in [1.54, 1.807) is 19.4 Å². The Morgan fingerprint density at radius 1 is 1.00 bits per heavy atom. The van der Waals surface area contributed by atoms with Gasteiger partial charge in [0.1, 0.15) is 11.8 Å². The highest BCUT2D eigenvalue weighted by atomic mass is 16.5. The summed E-state index contributed by atoms with van der Waals surface area (Å²) in [6.07, 6.45) is 1.56. The van der Waals surface area contributed by atoms with Crippen molar-refractivity contribution in [3.8, 4) is 11.8 Å². The van der Waals surface area contributed by atoms with E-state index < -0.39 is 0 Å². The van der Waals surface area contributed by atoms with Crippen molar-refractivity contribution in [2.45, 2.75) is 0 Å². The minimum absolute atomic E-state index is 0.556. The molecule has 0 amide bonds. The molecule has 0 aliphatic carbocycles. The molecule has 0 unspecified atom stereocenters. The molecule has 8 nitrogen and oxygen atoms in total. The van der Waals surface area contributed by atoms with Gasteiger partial charge in [-0.05, 0) is 36.4 Å². The van der Waals surface area contributed by atoms with Crippen molar-refractivity contribution in [1.29, 1.82) is 5.26 Å². The Morgan fingerprint density at radius 3 is 2.45 bits per heavy atom. The molecule has 1 fully saturated rings. The Bertz CT molecular complexity index is 1010. The highest BCUT2D eigenvalue weighted by Crippen LogP contribution is 2.23. The third-order valence-electron chi connectivity index (χ3n) is 4.86. The van der Waals surface area contributed by atoms with Crippen molar-refractivity contribution in [1.82, 2.24) is 15.2 Å². The third kappa shape index (κ3) is 4.19. The van der Waals surface area contributed by atoms with Crippen molar-refractivity contribution in [3.63, 3.8) is 0 Å². The fourth-order valence-electron chi connectivity index (χ4n) is 3.27. The van der Waals surface area contributed by atoms with Gasteiger partial charge in [0.05, 0.1) is 24.6 Å². The maximum Gasteiger partial charge on any atom is 0.247 e. The lowest BCUT2D eigenvalue weighted by atomic mass is 10.2. The van der Waals surface area contributed by atoms with Gasteiger partial charge in [0.25, 0.3) is 0 Å². The highest BCUT2D eigenvalue weighted by Gasteiger charge is 2.20. The van der Waals surface area contributed by atoms with Crippen LogP contribution in [-0.2, 0) is 0 Å². The van der Waals surface area contributed by atoms with E-state index in [0.717, 1.165) is 31.9 Å². The van der Waals surface area contributed by atoms with Gasteiger partial charge in [-0.3, -0.25) is 0 Å². The molecule has 1 aromatic heterocycles. The van der Waals surface area contributed by atoms with Crippen LogP contribution >= 0.6 is 0 Å². The lowest BCUT2D eigenvalue weighted by Gasteiger charge is -2.36. The molecule has 2 aromatic carbocycles. The minimum atomic E-state index is 0.556. The molecule has 2 heterocycles. The molecule has 29 heavy (non-hydrogen) atoms. The number of benzene rings is 2. The first-order chi connectivity index (χ1) is 14.3. The summed E-state index contributed by atoms with van der Waals surface area (Å²) in [6, 6.07) is 17.6. The molecule has 0 atom stereocenters. The molecule has 0 bridgehead atoms. The minimum Gasteiger partial charge on any atom is -0.497 e.